The molecule has 1 N–H and O–H groups in total. The van der Waals surface area contributed by atoms with Crippen molar-refractivity contribution in [1.82, 2.24) is 14.9 Å². The Kier molecular flexibility index (Phi) is 3.32. The molecule has 0 spiro atoms. The molecule has 1 aromatic heterocycles. The van der Waals surface area contributed by atoms with Gasteiger partial charge < -0.3 is 14.6 Å². The third-order valence-electron chi connectivity index (χ3n) is 3.74. The molecule has 0 aromatic carbocycles. The number of aromatic nitrogens is 2. The summed E-state index contributed by atoms with van der Waals surface area (Å²) in [4.78, 5) is 16.2. The van der Waals surface area contributed by atoms with Crippen molar-refractivity contribution in [3.8, 4) is 0 Å². The van der Waals surface area contributed by atoms with E-state index in [9.17, 15) is 4.79 Å². The maximum atomic E-state index is 11.9. The lowest BCUT2D eigenvalue weighted by atomic mass is 10.1. The smallest absolute Gasteiger partial charge is 0.222 e. The van der Waals surface area contributed by atoms with Gasteiger partial charge >= 0.3 is 0 Å². The number of aryl methyl sites for hydroxylation is 1. The molecule has 0 saturated carbocycles. The first kappa shape index (κ1) is 11.7. The standard InChI is InChI=1S/C13H19N3O2/c17-13(8-11-2-1-7-18-11)15-10-3-4-12-14-5-6-16(12)9-10/h5-6,10-11H,1-4,7-9H2,(H,15,17)/t10-,11-/m0/s1. The highest BCUT2D eigenvalue weighted by atomic mass is 16.5. The Hall–Kier alpha value is -1.36. The van der Waals surface area contributed by atoms with E-state index in [0.717, 1.165) is 44.7 Å². The molecular weight excluding hydrogens is 230 g/mol. The third kappa shape index (κ3) is 2.56. The van der Waals surface area contributed by atoms with Gasteiger partial charge in [0.1, 0.15) is 5.82 Å². The van der Waals surface area contributed by atoms with E-state index in [1.807, 2.05) is 12.4 Å². The summed E-state index contributed by atoms with van der Waals surface area (Å²) in [6.45, 7) is 1.65. The van der Waals surface area contributed by atoms with Crippen molar-refractivity contribution in [3.05, 3.63) is 18.2 Å². The molecule has 1 saturated heterocycles. The molecule has 0 radical (unpaired) electrons. The van der Waals surface area contributed by atoms with E-state index in [4.69, 9.17) is 4.74 Å². The molecule has 98 valence electrons. The predicted octanol–water partition coefficient (Wildman–Crippen LogP) is 0.883. The van der Waals surface area contributed by atoms with E-state index < -0.39 is 0 Å². The number of fused-ring (bicyclic) bond motifs is 1. The Bertz CT molecular complexity index is 424. The monoisotopic (exact) mass is 249 g/mol. The van der Waals surface area contributed by atoms with E-state index in [-0.39, 0.29) is 18.1 Å². The van der Waals surface area contributed by atoms with Crippen LogP contribution in [0.5, 0.6) is 0 Å². The van der Waals surface area contributed by atoms with Crippen LogP contribution < -0.4 is 5.32 Å². The zero-order valence-corrected chi connectivity index (χ0v) is 10.5. The zero-order chi connectivity index (χ0) is 12.4. The van der Waals surface area contributed by atoms with Crippen LogP contribution in [0.3, 0.4) is 0 Å². The van der Waals surface area contributed by atoms with Crippen LogP contribution in [0.15, 0.2) is 12.4 Å². The second kappa shape index (κ2) is 5.10. The van der Waals surface area contributed by atoms with Gasteiger partial charge in [-0.05, 0) is 19.3 Å². The fourth-order valence-corrected chi connectivity index (χ4v) is 2.78. The minimum absolute atomic E-state index is 0.121. The molecule has 5 heteroatoms. The van der Waals surface area contributed by atoms with Crippen LogP contribution in [0.1, 0.15) is 31.5 Å². The quantitative estimate of drug-likeness (QED) is 0.865. The van der Waals surface area contributed by atoms with Crippen molar-refractivity contribution in [1.29, 1.82) is 0 Å². The first-order valence-corrected chi connectivity index (χ1v) is 6.72. The zero-order valence-electron chi connectivity index (χ0n) is 10.5. The van der Waals surface area contributed by atoms with E-state index in [0.29, 0.717) is 6.42 Å². The molecule has 3 heterocycles. The molecule has 2 aliphatic heterocycles. The van der Waals surface area contributed by atoms with Crippen molar-refractivity contribution >= 4 is 5.91 Å². The Labute approximate surface area is 107 Å². The molecule has 5 nitrogen and oxygen atoms in total. The number of amides is 1. The molecule has 18 heavy (non-hydrogen) atoms. The van der Waals surface area contributed by atoms with Gasteiger partial charge in [-0.2, -0.15) is 0 Å². The molecule has 1 fully saturated rings. The number of hydrogen-bond donors (Lipinski definition) is 1. The molecular formula is C13H19N3O2. The maximum Gasteiger partial charge on any atom is 0.222 e. The number of carbonyl (C=O) groups is 1. The van der Waals surface area contributed by atoms with Gasteiger partial charge in [0.2, 0.25) is 5.91 Å². The largest absolute Gasteiger partial charge is 0.378 e. The topological polar surface area (TPSA) is 56.1 Å². The average Bonchev–Trinajstić information content (AvgIpc) is 2.98. The molecule has 0 aliphatic carbocycles. The summed E-state index contributed by atoms with van der Waals surface area (Å²) in [6, 6.07) is 0.237. The van der Waals surface area contributed by atoms with Crippen LogP contribution in [-0.2, 0) is 22.5 Å². The van der Waals surface area contributed by atoms with E-state index in [2.05, 4.69) is 14.9 Å². The third-order valence-corrected chi connectivity index (χ3v) is 3.74. The van der Waals surface area contributed by atoms with Gasteiger partial charge in [-0.1, -0.05) is 0 Å². The lowest BCUT2D eigenvalue weighted by Crippen LogP contribution is -2.41. The lowest BCUT2D eigenvalue weighted by molar-refractivity contribution is -0.124. The second-order valence-corrected chi connectivity index (χ2v) is 5.14. The number of nitrogens with zero attached hydrogens (tertiary/aromatic N) is 2. The minimum Gasteiger partial charge on any atom is -0.378 e. The van der Waals surface area contributed by atoms with Crippen molar-refractivity contribution in [2.24, 2.45) is 0 Å². The lowest BCUT2D eigenvalue weighted by Gasteiger charge is -2.25. The summed E-state index contributed by atoms with van der Waals surface area (Å²) in [5.41, 5.74) is 0. The minimum atomic E-state index is 0.121. The van der Waals surface area contributed by atoms with Gasteiger partial charge in [0.25, 0.3) is 0 Å². The second-order valence-electron chi connectivity index (χ2n) is 5.14. The summed E-state index contributed by atoms with van der Waals surface area (Å²) in [5.74, 6) is 1.25. The highest BCUT2D eigenvalue weighted by Gasteiger charge is 2.23. The van der Waals surface area contributed by atoms with Crippen LogP contribution in [0, 0.1) is 0 Å². The van der Waals surface area contributed by atoms with Crippen molar-refractivity contribution in [3.63, 3.8) is 0 Å². The molecule has 1 amide bonds. The molecule has 0 bridgehead atoms. The van der Waals surface area contributed by atoms with Gasteiger partial charge in [0.05, 0.1) is 12.5 Å². The van der Waals surface area contributed by atoms with Gasteiger partial charge in [0, 0.05) is 38.0 Å². The summed E-state index contributed by atoms with van der Waals surface area (Å²) in [6.07, 6.45) is 8.47. The van der Waals surface area contributed by atoms with Crippen LogP contribution in [-0.4, -0.2) is 34.2 Å². The van der Waals surface area contributed by atoms with E-state index in [1.165, 1.54) is 0 Å². The molecule has 1 aromatic rings. The summed E-state index contributed by atoms with van der Waals surface area (Å²) >= 11 is 0. The van der Waals surface area contributed by atoms with Crippen LogP contribution in [0.2, 0.25) is 0 Å². The van der Waals surface area contributed by atoms with Crippen LogP contribution >= 0.6 is 0 Å². The van der Waals surface area contributed by atoms with Gasteiger partial charge in [-0.3, -0.25) is 4.79 Å². The average molecular weight is 249 g/mol. The highest BCUT2D eigenvalue weighted by molar-refractivity contribution is 5.76. The number of rotatable bonds is 3. The normalized spacial score (nSPS) is 26.9. The Morgan fingerprint density at radius 2 is 2.50 bits per heavy atom. The maximum absolute atomic E-state index is 11.9. The Morgan fingerprint density at radius 1 is 1.56 bits per heavy atom. The van der Waals surface area contributed by atoms with Gasteiger partial charge in [0.15, 0.2) is 0 Å². The number of carbonyl (C=O) groups excluding carboxylic acids is 1. The van der Waals surface area contributed by atoms with Gasteiger partial charge in [-0.25, -0.2) is 4.98 Å². The number of imidazole rings is 1. The van der Waals surface area contributed by atoms with Crippen molar-refractivity contribution in [2.75, 3.05) is 6.61 Å². The Morgan fingerprint density at radius 3 is 3.33 bits per heavy atom. The van der Waals surface area contributed by atoms with E-state index in [1.54, 1.807) is 0 Å². The van der Waals surface area contributed by atoms with Crippen LogP contribution in [0.4, 0.5) is 0 Å². The predicted molar refractivity (Wildman–Crippen MR) is 66.1 cm³/mol. The summed E-state index contributed by atoms with van der Waals surface area (Å²) in [5, 5.41) is 3.11. The first-order chi connectivity index (χ1) is 8.81. The first-order valence-electron chi connectivity index (χ1n) is 6.72. The van der Waals surface area contributed by atoms with Crippen LogP contribution in [0.25, 0.3) is 0 Å². The van der Waals surface area contributed by atoms with Crippen molar-refractivity contribution in [2.45, 2.75) is 50.8 Å². The SMILES string of the molecule is O=C(C[C@@H]1CCCO1)N[C@H]1CCc2nccn2C1. The molecule has 2 aliphatic rings. The fourth-order valence-electron chi connectivity index (χ4n) is 2.78. The number of ether oxygens (including phenoxy) is 1. The number of nitrogens with one attached hydrogen (secondary N) is 1. The van der Waals surface area contributed by atoms with E-state index >= 15 is 0 Å². The molecule has 3 rings (SSSR count). The number of hydrogen-bond acceptors (Lipinski definition) is 3. The fraction of sp³-hybridized carbons (Fsp3) is 0.692. The highest BCUT2D eigenvalue weighted by Crippen LogP contribution is 2.16. The molecule has 0 unspecified atom stereocenters. The summed E-state index contributed by atoms with van der Waals surface area (Å²) in [7, 11) is 0. The molecule has 2 atom stereocenters. The summed E-state index contributed by atoms with van der Waals surface area (Å²) < 4.78 is 7.61. The van der Waals surface area contributed by atoms with Crippen molar-refractivity contribution < 1.29 is 9.53 Å². The Balaban J connectivity index is 1.50. The van der Waals surface area contributed by atoms with Gasteiger partial charge in [-0.15, -0.1) is 0 Å².